The van der Waals surface area contributed by atoms with E-state index in [1.54, 1.807) is 0 Å². The summed E-state index contributed by atoms with van der Waals surface area (Å²) in [5, 5.41) is 0.383. The maximum atomic E-state index is 12.7. The number of nitrogens with two attached hydrogens (primary N) is 1. The van der Waals surface area contributed by atoms with E-state index < -0.39 is 16.7 Å². The van der Waals surface area contributed by atoms with Gasteiger partial charge in [0.25, 0.3) is 5.56 Å². The Kier molecular flexibility index (Phi) is 4.76. The van der Waals surface area contributed by atoms with Crippen molar-refractivity contribution in [2.24, 2.45) is 10.8 Å². The van der Waals surface area contributed by atoms with Crippen LogP contribution in [0.4, 0.5) is 0 Å². The second kappa shape index (κ2) is 7.36. The summed E-state index contributed by atoms with van der Waals surface area (Å²) >= 11 is 1.34. The summed E-state index contributed by atoms with van der Waals surface area (Å²) in [5.74, 6) is 5.63. The monoisotopic (exact) mass is 379 g/mol. The zero-order valence-corrected chi connectivity index (χ0v) is 15.1. The minimum atomic E-state index is -0.504. The van der Waals surface area contributed by atoms with Gasteiger partial charge < -0.3 is 0 Å². The number of thioether (sulfide) groups is 1. The van der Waals surface area contributed by atoms with Crippen LogP contribution in [-0.2, 0) is 6.54 Å². The first kappa shape index (κ1) is 17.5. The molecule has 27 heavy (non-hydrogen) atoms. The fourth-order valence-electron chi connectivity index (χ4n) is 2.99. The highest BCUT2D eigenvalue weighted by Crippen LogP contribution is 2.28. The lowest BCUT2D eigenvalue weighted by Gasteiger charge is -2.19. The molecule has 1 aromatic heterocycles. The Morgan fingerprint density at radius 2 is 1.74 bits per heavy atom. The molecule has 1 aliphatic rings. The molecule has 4 N–H and O–H groups in total. The van der Waals surface area contributed by atoms with Gasteiger partial charge in [0.05, 0.1) is 11.8 Å². The minimum absolute atomic E-state index is 0.298. The first-order valence-corrected chi connectivity index (χ1v) is 9.23. The van der Waals surface area contributed by atoms with Crippen molar-refractivity contribution in [2.75, 3.05) is 0 Å². The number of hydrazine groups is 1. The maximum Gasteiger partial charge on any atom is 0.330 e. The summed E-state index contributed by atoms with van der Waals surface area (Å²) in [6.45, 7) is 0.298. The van der Waals surface area contributed by atoms with Crippen molar-refractivity contribution < 1.29 is 0 Å². The molecule has 1 aliphatic heterocycles. The molecule has 0 fully saturated rings. The number of fused-ring (bicyclic) bond motifs is 1. The first-order valence-electron chi connectivity index (χ1n) is 8.35. The number of hydrogen-bond acceptors (Lipinski definition) is 6. The molecule has 3 aromatic rings. The molecule has 0 radical (unpaired) electrons. The van der Waals surface area contributed by atoms with Crippen molar-refractivity contribution in [1.29, 1.82) is 0 Å². The van der Waals surface area contributed by atoms with Gasteiger partial charge in [-0.3, -0.25) is 20.2 Å². The van der Waals surface area contributed by atoms with Gasteiger partial charge in [-0.05, 0) is 11.1 Å². The summed E-state index contributed by atoms with van der Waals surface area (Å²) in [4.78, 5) is 32.8. The molecular formula is C19H17N5O2S. The molecule has 7 nitrogen and oxygen atoms in total. The van der Waals surface area contributed by atoms with E-state index in [1.165, 1.54) is 16.3 Å². The van der Waals surface area contributed by atoms with Crippen LogP contribution in [0.2, 0.25) is 0 Å². The average Bonchev–Trinajstić information content (AvgIpc) is 2.71. The Balaban J connectivity index is 2.05. The quantitative estimate of drug-likeness (QED) is 0.432. The number of benzene rings is 2. The second-order valence-corrected chi connectivity index (χ2v) is 7.08. The summed E-state index contributed by atoms with van der Waals surface area (Å²) in [7, 11) is 0. The van der Waals surface area contributed by atoms with Gasteiger partial charge in [-0.1, -0.05) is 72.4 Å². The van der Waals surface area contributed by atoms with E-state index >= 15 is 0 Å². The maximum absolute atomic E-state index is 12.7. The smallest absolute Gasteiger partial charge is 0.273 e. The molecule has 0 saturated carbocycles. The summed E-state index contributed by atoms with van der Waals surface area (Å²) in [6, 6.07) is 19.1. The van der Waals surface area contributed by atoms with Crippen molar-refractivity contribution in [3.8, 4) is 0 Å². The minimum Gasteiger partial charge on any atom is -0.273 e. The second-order valence-electron chi connectivity index (χ2n) is 5.99. The number of nitrogens with zero attached hydrogens (tertiary/aromatic N) is 2. The van der Waals surface area contributed by atoms with Gasteiger partial charge in [-0.25, -0.2) is 15.2 Å². The predicted octanol–water partition coefficient (Wildman–Crippen LogP) is -0.145. The van der Waals surface area contributed by atoms with Crippen LogP contribution in [0.5, 0.6) is 0 Å². The van der Waals surface area contributed by atoms with Crippen molar-refractivity contribution in [3.63, 3.8) is 0 Å². The van der Waals surface area contributed by atoms with E-state index in [1.807, 2.05) is 60.7 Å². The summed E-state index contributed by atoms with van der Waals surface area (Å²) in [5.41, 5.74) is 3.29. The Bertz CT molecular complexity index is 1200. The van der Waals surface area contributed by atoms with Crippen LogP contribution in [0.1, 0.15) is 11.1 Å². The van der Waals surface area contributed by atoms with Crippen LogP contribution in [0.3, 0.4) is 0 Å². The Morgan fingerprint density at radius 3 is 2.41 bits per heavy atom. The molecule has 136 valence electrons. The predicted molar refractivity (Wildman–Crippen MR) is 105 cm³/mol. The summed E-state index contributed by atoms with van der Waals surface area (Å²) in [6.07, 6.45) is 0. The molecule has 2 aromatic carbocycles. The van der Waals surface area contributed by atoms with E-state index in [0.29, 0.717) is 17.3 Å². The largest absolute Gasteiger partial charge is 0.330 e. The zero-order valence-electron chi connectivity index (χ0n) is 14.3. The third-order valence-electron chi connectivity index (χ3n) is 4.23. The van der Waals surface area contributed by atoms with Gasteiger partial charge in [-0.15, -0.1) is 0 Å². The number of hydrogen-bond donors (Lipinski definition) is 3. The molecule has 0 amide bonds. The molecule has 1 atom stereocenters. The molecule has 1 unspecified atom stereocenters. The van der Waals surface area contributed by atoms with Crippen LogP contribution in [-0.4, -0.2) is 15.0 Å². The molecule has 0 spiro atoms. The van der Waals surface area contributed by atoms with Crippen LogP contribution in [0.25, 0.3) is 4.91 Å². The van der Waals surface area contributed by atoms with Crippen molar-refractivity contribution in [3.05, 3.63) is 103 Å². The molecule has 8 heteroatoms. The highest BCUT2D eigenvalue weighted by molar-refractivity contribution is 8.08. The van der Waals surface area contributed by atoms with Gasteiger partial charge in [0.2, 0.25) is 0 Å². The van der Waals surface area contributed by atoms with Crippen LogP contribution >= 0.6 is 11.8 Å². The van der Waals surface area contributed by atoms with Gasteiger partial charge in [0.1, 0.15) is 5.49 Å². The zero-order chi connectivity index (χ0) is 18.8. The topological polar surface area (TPSA) is 105 Å². The molecule has 0 saturated heterocycles. The van der Waals surface area contributed by atoms with Gasteiger partial charge in [0, 0.05) is 4.91 Å². The average molecular weight is 379 g/mol. The molecule has 0 aliphatic carbocycles. The van der Waals surface area contributed by atoms with Gasteiger partial charge in [0.15, 0.2) is 5.50 Å². The lowest BCUT2D eigenvalue weighted by atomic mass is 10.2. The van der Waals surface area contributed by atoms with E-state index in [-0.39, 0.29) is 0 Å². The van der Waals surface area contributed by atoms with Crippen LogP contribution < -0.4 is 33.2 Å². The SMILES string of the molecule is NNC1N=c2c(c(=O)[nH]c(=O)n2Cc2ccccc2)=C(c2ccccc2)S1. The highest BCUT2D eigenvalue weighted by Gasteiger charge is 2.21. The Labute approximate surface area is 158 Å². The van der Waals surface area contributed by atoms with Crippen LogP contribution in [0, 0.1) is 0 Å². The fraction of sp³-hybridized carbons (Fsp3) is 0.105. The molecule has 0 bridgehead atoms. The lowest BCUT2D eigenvalue weighted by molar-refractivity contribution is 0.623. The number of nitrogens with one attached hydrogen (secondary N) is 2. The normalized spacial score (nSPS) is 15.9. The first-order chi connectivity index (χ1) is 13.2. The van der Waals surface area contributed by atoms with Gasteiger partial charge >= 0.3 is 5.69 Å². The van der Waals surface area contributed by atoms with Crippen molar-refractivity contribution in [2.45, 2.75) is 12.0 Å². The molecule has 4 rings (SSSR count). The number of rotatable bonds is 4. The van der Waals surface area contributed by atoms with E-state index in [9.17, 15) is 9.59 Å². The van der Waals surface area contributed by atoms with Gasteiger partial charge in [-0.2, -0.15) is 0 Å². The standard InChI is InChI=1S/C19H17N5O2S/c20-23-18-21-16-14(15(27-18)13-9-5-2-6-10-13)17(25)22-19(26)24(16)11-12-7-3-1-4-8-12/h1-10,18,23H,11,20H2,(H,22,25,26). The number of aromatic amines is 1. The van der Waals surface area contributed by atoms with E-state index in [0.717, 1.165) is 16.0 Å². The Hall–Kier alpha value is -2.94. The molecule has 2 heterocycles. The van der Waals surface area contributed by atoms with Crippen molar-refractivity contribution in [1.82, 2.24) is 15.0 Å². The van der Waals surface area contributed by atoms with E-state index in [4.69, 9.17) is 5.84 Å². The molecular weight excluding hydrogens is 362 g/mol. The number of aromatic nitrogens is 2. The lowest BCUT2D eigenvalue weighted by Crippen LogP contribution is -2.57. The number of H-pyrrole nitrogens is 1. The summed E-state index contributed by atoms with van der Waals surface area (Å²) < 4.78 is 1.47. The van der Waals surface area contributed by atoms with E-state index in [2.05, 4.69) is 15.4 Å². The Morgan fingerprint density at radius 1 is 1.07 bits per heavy atom. The third-order valence-corrected chi connectivity index (χ3v) is 5.37. The fourth-order valence-corrected chi connectivity index (χ4v) is 4.01. The van der Waals surface area contributed by atoms with Crippen LogP contribution in [0.15, 0.2) is 75.2 Å². The highest BCUT2D eigenvalue weighted by atomic mass is 32.2. The third kappa shape index (κ3) is 3.37. The van der Waals surface area contributed by atoms with Crippen molar-refractivity contribution >= 4 is 16.7 Å².